The molecule has 0 bridgehead atoms. The van der Waals surface area contributed by atoms with Crippen molar-refractivity contribution in [2.75, 3.05) is 18.2 Å². The van der Waals surface area contributed by atoms with Gasteiger partial charge in [0.05, 0.1) is 29.6 Å². The van der Waals surface area contributed by atoms with Crippen molar-refractivity contribution in [1.82, 2.24) is 9.66 Å². The predicted octanol–water partition coefficient (Wildman–Crippen LogP) is 5.09. The zero-order valence-corrected chi connectivity index (χ0v) is 21.2. The molecular weight excluding hydrogens is 498 g/mol. The Morgan fingerprint density at radius 1 is 1.19 bits per heavy atom. The molecule has 0 saturated carbocycles. The van der Waals surface area contributed by atoms with Crippen molar-refractivity contribution in [1.29, 1.82) is 0 Å². The number of benzene rings is 2. The van der Waals surface area contributed by atoms with Gasteiger partial charge in [-0.05, 0) is 54.8 Å². The van der Waals surface area contributed by atoms with Crippen LogP contribution in [0.2, 0.25) is 5.02 Å². The summed E-state index contributed by atoms with van der Waals surface area (Å²) in [6, 6.07) is 15.5. The molecule has 182 valence electrons. The molecule has 0 saturated heterocycles. The first kappa shape index (κ1) is 23.9. The van der Waals surface area contributed by atoms with Crippen molar-refractivity contribution in [2.24, 2.45) is 10.2 Å². The third kappa shape index (κ3) is 4.67. The van der Waals surface area contributed by atoms with E-state index in [0.29, 0.717) is 25.7 Å². The number of carbonyl (C=O) groups is 1. The highest BCUT2D eigenvalue weighted by molar-refractivity contribution is 7.20. The molecule has 0 radical (unpaired) electrons. The fraction of sp³-hybridized carbons (Fsp3) is 0.192. The summed E-state index contributed by atoms with van der Waals surface area (Å²) in [4.78, 5) is 30.4. The second kappa shape index (κ2) is 10.0. The van der Waals surface area contributed by atoms with Crippen molar-refractivity contribution in [3.8, 4) is 0 Å². The zero-order chi connectivity index (χ0) is 25.2. The molecular formula is C26H22ClN5O3S. The second-order valence-electron chi connectivity index (χ2n) is 8.11. The molecule has 1 aliphatic rings. The Bertz CT molecular complexity index is 1560. The number of esters is 1. The quantitative estimate of drug-likeness (QED) is 0.261. The van der Waals surface area contributed by atoms with Gasteiger partial charge in [0, 0.05) is 18.0 Å². The molecule has 0 aliphatic carbocycles. The first-order chi connectivity index (χ1) is 17.4. The molecule has 0 fully saturated rings. The number of rotatable bonds is 6. The Morgan fingerprint density at radius 2 is 1.94 bits per heavy atom. The SMILES string of the molecule is CCOC(=O)c1sc2ncn(N=Cc3ccc(N4CCC(c5ccc(Cl)cc5)=N4)cc3)c(=O)c2c1C. The van der Waals surface area contributed by atoms with Crippen molar-refractivity contribution < 1.29 is 9.53 Å². The fourth-order valence-corrected chi connectivity index (χ4v) is 5.10. The van der Waals surface area contributed by atoms with Crippen LogP contribution in [0.5, 0.6) is 0 Å². The molecule has 0 amide bonds. The second-order valence-corrected chi connectivity index (χ2v) is 9.55. The maximum absolute atomic E-state index is 13.0. The number of nitrogens with zero attached hydrogens (tertiary/aromatic N) is 5. The van der Waals surface area contributed by atoms with Crippen LogP contribution >= 0.6 is 22.9 Å². The Morgan fingerprint density at radius 3 is 2.67 bits per heavy atom. The summed E-state index contributed by atoms with van der Waals surface area (Å²) in [5.74, 6) is -0.449. The molecule has 4 aromatic rings. The minimum Gasteiger partial charge on any atom is -0.462 e. The minimum atomic E-state index is -0.449. The number of hydrazone groups is 1. The average Bonchev–Trinajstić information content (AvgIpc) is 3.50. The molecule has 0 unspecified atom stereocenters. The first-order valence-electron chi connectivity index (χ1n) is 11.4. The highest BCUT2D eigenvalue weighted by atomic mass is 35.5. The summed E-state index contributed by atoms with van der Waals surface area (Å²) >= 11 is 7.14. The van der Waals surface area contributed by atoms with E-state index in [9.17, 15) is 9.59 Å². The van der Waals surface area contributed by atoms with E-state index in [0.717, 1.165) is 46.8 Å². The number of hydrogen-bond donors (Lipinski definition) is 0. The zero-order valence-electron chi connectivity index (χ0n) is 19.6. The number of anilines is 1. The molecule has 10 heteroatoms. The molecule has 0 spiro atoms. The smallest absolute Gasteiger partial charge is 0.348 e. The van der Waals surface area contributed by atoms with E-state index in [1.54, 1.807) is 20.1 Å². The van der Waals surface area contributed by atoms with Gasteiger partial charge in [-0.2, -0.15) is 14.9 Å². The normalized spacial score (nSPS) is 13.5. The fourth-order valence-electron chi connectivity index (χ4n) is 3.94. The summed E-state index contributed by atoms with van der Waals surface area (Å²) in [7, 11) is 0. The van der Waals surface area contributed by atoms with Gasteiger partial charge in [0.15, 0.2) is 0 Å². The van der Waals surface area contributed by atoms with E-state index < -0.39 is 5.97 Å². The van der Waals surface area contributed by atoms with Gasteiger partial charge in [-0.3, -0.25) is 9.80 Å². The third-order valence-electron chi connectivity index (χ3n) is 5.80. The monoisotopic (exact) mass is 519 g/mol. The molecule has 1 aliphatic heterocycles. The first-order valence-corrected chi connectivity index (χ1v) is 12.6. The van der Waals surface area contributed by atoms with Gasteiger partial charge in [0.1, 0.15) is 16.0 Å². The lowest BCUT2D eigenvalue weighted by Gasteiger charge is -2.13. The maximum atomic E-state index is 13.0. The van der Waals surface area contributed by atoms with E-state index in [2.05, 4.69) is 10.1 Å². The van der Waals surface area contributed by atoms with Gasteiger partial charge in [-0.1, -0.05) is 35.9 Å². The van der Waals surface area contributed by atoms with Gasteiger partial charge in [-0.25, -0.2) is 9.78 Å². The molecule has 8 nitrogen and oxygen atoms in total. The van der Waals surface area contributed by atoms with Gasteiger partial charge in [-0.15, -0.1) is 11.3 Å². The lowest BCUT2D eigenvalue weighted by molar-refractivity contribution is 0.0531. The Hall–Kier alpha value is -3.82. The van der Waals surface area contributed by atoms with Crippen LogP contribution in [0.1, 0.15) is 39.7 Å². The summed E-state index contributed by atoms with van der Waals surface area (Å²) in [6.45, 7) is 4.52. The van der Waals surface area contributed by atoms with Gasteiger partial charge < -0.3 is 4.74 Å². The van der Waals surface area contributed by atoms with E-state index >= 15 is 0 Å². The lowest BCUT2D eigenvalue weighted by atomic mass is 10.1. The van der Waals surface area contributed by atoms with Gasteiger partial charge in [0.25, 0.3) is 5.56 Å². The number of carbonyl (C=O) groups excluding carboxylic acids is 1. The van der Waals surface area contributed by atoms with Crippen LogP contribution in [-0.2, 0) is 4.74 Å². The predicted molar refractivity (Wildman–Crippen MR) is 144 cm³/mol. The van der Waals surface area contributed by atoms with Crippen molar-refractivity contribution in [2.45, 2.75) is 20.3 Å². The van der Waals surface area contributed by atoms with Crippen molar-refractivity contribution in [3.05, 3.63) is 91.8 Å². The number of aryl methyl sites for hydroxylation is 1. The van der Waals surface area contributed by atoms with Crippen LogP contribution in [0.15, 0.2) is 69.9 Å². The largest absolute Gasteiger partial charge is 0.462 e. The molecule has 5 rings (SSSR count). The van der Waals surface area contributed by atoms with Gasteiger partial charge in [0.2, 0.25) is 0 Å². The lowest BCUT2D eigenvalue weighted by Crippen LogP contribution is -2.17. The van der Waals surface area contributed by atoms with E-state index in [1.165, 1.54) is 11.0 Å². The summed E-state index contributed by atoms with van der Waals surface area (Å²) in [6.07, 6.45) is 3.81. The van der Waals surface area contributed by atoms with E-state index in [1.807, 2.05) is 53.5 Å². The standard InChI is InChI=1S/C26H22ClN5O3S/c1-3-35-26(34)23-16(2)22-24(36-23)28-15-32(25(22)33)29-14-17-4-10-20(11-5-17)31-13-12-21(30-31)18-6-8-19(27)9-7-18/h4-11,14-15H,3,12-13H2,1-2H3. The number of ether oxygens (including phenoxy) is 1. The van der Waals surface area contributed by atoms with Crippen LogP contribution < -0.4 is 10.6 Å². The Labute approximate surface area is 216 Å². The number of fused-ring (bicyclic) bond motifs is 1. The maximum Gasteiger partial charge on any atom is 0.348 e. The van der Waals surface area contributed by atoms with Crippen LogP contribution in [0.4, 0.5) is 5.69 Å². The van der Waals surface area contributed by atoms with E-state index in [4.69, 9.17) is 21.4 Å². The van der Waals surface area contributed by atoms with Crippen molar-refractivity contribution >= 4 is 56.7 Å². The molecule has 2 aromatic heterocycles. The Kier molecular flexibility index (Phi) is 6.67. The van der Waals surface area contributed by atoms with Crippen LogP contribution in [0.25, 0.3) is 10.2 Å². The number of aromatic nitrogens is 2. The molecule has 2 aromatic carbocycles. The third-order valence-corrected chi connectivity index (χ3v) is 7.23. The number of hydrogen-bond acceptors (Lipinski definition) is 8. The molecule has 36 heavy (non-hydrogen) atoms. The summed E-state index contributed by atoms with van der Waals surface area (Å²) in [5, 5.41) is 12.1. The number of thiophene rings is 1. The highest BCUT2D eigenvalue weighted by Crippen LogP contribution is 2.27. The summed E-state index contributed by atoms with van der Waals surface area (Å²) < 4.78 is 6.26. The van der Waals surface area contributed by atoms with Gasteiger partial charge >= 0.3 is 5.97 Å². The topological polar surface area (TPSA) is 89.2 Å². The van der Waals surface area contributed by atoms with Crippen molar-refractivity contribution in [3.63, 3.8) is 0 Å². The van der Waals surface area contributed by atoms with Crippen LogP contribution in [0.3, 0.4) is 0 Å². The van der Waals surface area contributed by atoms with E-state index in [-0.39, 0.29) is 12.2 Å². The minimum absolute atomic E-state index is 0.265. The highest BCUT2D eigenvalue weighted by Gasteiger charge is 2.20. The molecule has 0 N–H and O–H groups in total. The number of halogens is 1. The Balaban J connectivity index is 1.34. The summed E-state index contributed by atoms with van der Waals surface area (Å²) in [5.41, 5.74) is 4.10. The average molecular weight is 520 g/mol. The van der Waals surface area contributed by atoms with Crippen LogP contribution in [-0.4, -0.2) is 40.7 Å². The van der Waals surface area contributed by atoms with Crippen LogP contribution in [0, 0.1) is 6.92 Å². The molecule has 3 heterocycles. The molecule has 0 atom stereocenters.